The van der Waals surface area contributed by atoms with E-state index in [1.807, 2.05) is 74.5 Å². The van der Waals surface area contributed by atoms with Crippen molar-refractivity contribution in [2.24, 2.45) is 10.6 Å². The molecule has 0 aliphatic carbocycles. The van der Waals surface area contributed by atoms with E-state index in [-0.39, 0.29) is 0 Å². The van der Waals surface area contributed by atoms with Gasteiger partial charge in [0.25, 0.3) is 0 Å². The van der Waals surface area contributed by atoms with Crippen LogP contribution in [0.1, 0.15) is 31.1 Å². The zero-order chi connectivity index (χ0) is 14.6. The second-order valence-corrected chi connectivity index (χ2v) is 5.35. The number of benzene rings is 2. The summed E-state index contributed by atoms with van der Waals surface area (Å²) in [6.45, 7) is 3.74. The minimum absolute atomic E-state index is 0.467. The summed E-state index contributed by atoms with van der Waals surface area (Å²) in [4.78, 5) is 0. The fourth-order valence-electron chi connectivity index (χ4n) is 2.34. The minimum atomic E-state index is -0.755. The van der Waals surface area contributed by atoms with Crippen LogP contribution < -0.4 is 0 Å². The van der Waals surface area contributed by atoms with Gasteiger partial charge in [0.1, 0.15) is 0 Å². The van der Waals surface area contributed by atoms with Crippen LogP contribution in [0.5, 0.6) is 0 Å². The molecule has 0 aliphatic heterocycles. The Bertz CT molecular complexity index is 576. The number of hydrogen-bond donors (Lipinski definition) is 2. The lowest BCUT2D eigenvalue weighted by atomic mass is 9.76. The van der Waals surface area contributed by atoms with E-state index in [4.69, 9.17) is 0 Å². The summed E-state index contributed by atoms with van der Waals surface area (Å²) < 4.78 is 0. The monoisotopic (exact) mass is 269 g/mol. The molecular weight excluding hydrogens is 250 g/mol. The maximum absolute atomic E-state index is 10.6. The van der Waals surface area contributed by atoms with E-state index in [1.165, 1.54) is 0 Å². The van der Waals surface area contributed by atoms with Crippen LogP contribution in [0.4, 0.5) is 0 Å². The lowest BCUT2D eigenvalue weighted by molar-refractivity contribution is 0.0920. The van der Waals surface area contributed by atoms with Crippen LogP contribution in [-0.4, -0.2) is 16.0 Å². The highest BCUT2D eigenvalue weighted by Gasteiger charge is 2.35. The molecule has 2 N–H and O–H groups in total. The zero-order valence-electron chi connectivity index (χ0n) is 11.7. The highest BCUT2D eigenvalue weighted by Crippen LogP contribution is 2.36. The van der Waals surface area contributed by atoms with Crippen molar-refractivity contribution in [3.63, 3.8) is 0 Å². The Labute approximate surface area is 119 Å². The van der Waals surface area contributed by atoms with Crippen molar-refractivity contribution in [2.75, 3.05) is 0 Å². The summed E-state index contributed by atoms with van der Waals surface area (Å²) in [6.07, 6.45) is -0.755. The van der Waals surface area contributed by atoms with E-state index in [1.54, 1.807) is 0 Å². The minimum Gasteiger partial charge on any atom is -0.411 e. The SMILES string of the molecule is CC(C)(/C(=N/O)c1ccccc1)C(O)c1ccccc1. The molecule has 104 valence electrons. The average molecular weight is 269 g/mol. The summed E-state index contributed by atoms with van der Waals surface area (Å²) in [7, 11) is 0. The molecule has 3 heteroatoms. The molecular formula is C17H19NO2. The van der Waals surface area contributed by atoms with Crippen LogP contribution in [0.15, 0.2) is 65.8 Å². The number of oxime groups is 1. The van der Waals surface area contributed by atoms with Crippen LogP contribution in [-0.2, 0) is 0 Å². The van der Waals surface area contributed by atoms with E-state index in [2.05, 4.69) is 5.16 Å². The fourth-order valence-corrected chi connectivity index (χ4v) is 2.34. The van der Waals surface area contributed by atoms with Gasteiger partial charge in [0.15, 0.2) is 0 Å². The van der Waals surface area contributed by atoms with Crippen molar-refractivity contribution in [1.82, 2.24) is 0 Å². The first-order valence-corrected chi connectivity index (χ1v) is 6.58. The molecule has 0 fully saturated rings. The first kappa shape index (κ1) is 14.3. The molecule has 0 bridgehead atoms. The molecule has 0 spiro atoms. The Morgan fingerprint density at radius 1 is 0.950 bits per heavy atom. The van der Waals surface area contributed by atoms with Crippen LogP contribution in [0.3, 0.4) is 0 Å². The Kier molecular flexibility index (Phi) is 4.20. The lowest BCUT2D eigenvalue weighted by Gasteiger charge is -2.31. The summed E-state index contributed by atoms with van der Waals surface area (Å²) in [5, 5.41) is 23.4. The van der Waals surface area contributed by atoms with Crippen molar-refractivity contribution >= 4 is 5.71 Å². The molecule has 3 nitrogen and oxygen atoms in total. The predicted molar refractivity (Wildman–Crippen MR) is 79.9 cm³/mol. The van der Waals surface area contributed by atoms with E-state index < -0.39 is 11.5 Å². The second-order valence-electron chi connectivity index (χ2n) is 5.35. The fraction of sp³-hybridized carbons (Fsp3) is 0.235. The van der Waals surface area contributed by atoms with Gasteiger partial charge in [-0.3, -0.25) is 0 Å². The van der Waals surface area contributed by atoms with Gasteiger partial charge in [-0.15, -0.1) is 0 Å². The Morgan fingerprint density at radius 2 is 1.45 bits per heavy atom. The zero-order valence-corrected chi connectivity index (χ0v) is 11.7. The van der Waals surface area contributed by atoms with Crippen molar-refractivity contribution in [1.29, 1.82) is 0 Å². The number of nitrogens with zero attached hydrogens (tertiary/aromatic N) is 1. The largest absolute Gasteiger partial charge is 0.411 e. The normalized spacial score (nSPS) is 14.1. The third-order valence-corrected chi connectivity index (χ3v) is 3.56. The number of rotatable bonds is 4. The quantitative estimate of drug-likeness (QED) is 0.506. The van der Waals surface area contributed by atoms with E-state index in [0.29, 0.717) is 5.71 Å². The Hall–Kier alpha value is -2.13. The van der Waals surface area contributed by atoms with Gasteiger partial charge >= 0.3 is 0 Å². The molecule has 2 rings (SSSR count). The average Bonchev–Trinajstić information content (AvgIpc) is 2.49. The number of hydrogen-bond acceptors (Lipinski definition) is 3. The molecule has 0 radical (unpaired) electrons. The third-order valence-electron chi connectivity index (χ3n) is 3.56. The smallest absolute Gasteiger partial charge is 0.0953 e. The standard InChI is InChI=1S/C17H19NO2/c1-17(2,16(19)14-11-7-4-8-12-14)15(18-20)13-9-5-3-6-10-13/h3-12,16,19-20H,1-2H3/b18-15+. The summed E-state index contributed by atoms with van der Waals surface area (Å²) >= 11 is 0. The first-order chi connectivity index (χ1) is 9.57. The third kappa shape index (κ3) is 2.73. The number of aliphatic hydroxyl groups is 1. The topological polar surface area (TPSA) is 52.8 Å². The Balaban J connectivity index is 2.38. The molecule has 2 aromatic rings. The van der Waals surface area contributed by atoms with E-state index in [9.17, 15) is 10.3 Å². The van der Waals surface area contributed by atoms with E-state index in [0.717, 1.165) is 11.1 Å². The highest BCUT2D eigenvalue weighted by atomic mass is 16.4. The van der Waals surface area contributed by atoms with Crippen molar-refractivity contribution < 1.29 is 10.3 Å². The van der Waals surface area contributed by atoms with Gasteiger partial charge in [0.2, 0.25) is 0 Å². The first-order valence-electron chi connectivity index (χ1n) is 6.58. The lowest BCUT2D eigenvalue weighted by Crippen LogP contribution is -2.32. The van der Waals surface area contributed by atoms with Gasteiger partial charge in [-0.2, -0.15) is 0 Å². The molecule has 0 heterocycles. The second kappa shape index (κ2) is 5.88. The van der Waals surface area contributed by atoms with Gasteiger partial charge in [-0.1, -0.05) is 79.7 Å². The molecule has 1 atom stereocenters. The van der Waals surface area contributed by atoms with Crippen LogP contribution in [0.25, 0.3) is 0 Å². The van der Waals surface area contributed by atoms with Gasteiger partial charge in [0.05, 0.1) is 11.8 Å². The predicted octanol–water partition coefficient (Wildman–Crippen LogP) is 3.62. The molecule has 0 saturated heterocycles. The maximum atomic E-state index is 10.6. The van der Waals surface area contributed by atoms with Crippen molar-refractivity contribution in [2.45, 2.75) is 20.0 Å². The van der Waals surface area contributed by atoms with Crippen LogP contribution in [0.2, 0.25) is 0 Å². The molecule has 0 aliphatic rings. The van der Waals surface area contributed by atoms with Crippen molar-refractivity contribution in [3.05, 3.63) is 71.8 Å². The Morgan fingerprint density at radius 3 is 1.95 bits per heavy atom. The van der Waals surface area contributed by atoms with Crippen LogP contribution >= 0.6 is 0 Å². The molecule has 0 aromatic heterocycles. The maximum Gasteiger partial charge on any atom is 0.0953 e. The van der Waals surface area contributed by atoms with Gasteiger partial charge in [-0.05, 0) is 11.1 Å². The van der Waals surface area contributed by atoms with Gasteiger partial charge in [-0.25, -0.2) is 0 Å². The molecule has 0 saturated carbocycles. The van der Waals surface area contributed by atoms with Gasteiger partial charge < -0.3 is 10.3 Å². The highest BCUT2D eigenvalue weighted by molar-refractivity contribution is 6.04. The molecule has 1 unspecified atom stereocenters. The molecule has 0 amide bonds. The summed E-state index contributed by atoms with van der Waals surface area (Å²) in [6, 6.07) is 18.8. The van der Waals surface area contributed by atoms with Crippen LogP contribution in [0, 0.1) is 5.41 Å². The summed E-state index contributed by atoms with van der Waals surface area (Å²) in [5.74, 6) is 0. The summed E-state index contributed by atoms with van der Waals surface area (Å²) in [5.41, 5.74) is 1.36. The number of aliphatic hydroxyl groups excluding tert-OH is 1. The van der Waals surface area contributed by atoms with E-state index >= 15 is 0 Å². The molecule has 20 heavy (non-hydrogen) atoms. The molecule has 2 aromatic carbocycles. The van der Waals surface area contributed by atoms with Crippen molar-refractivity contribution in [3.8, 4) is 0 Å². The van der Waals surface area contributed by atoms with Gasteiger partial charge in [0, 0.05) is 5.41 Å².